The molecule has 3 N–H and O–H groups in total. The average Bonchev–Trinajstić information content (AvgIpc) is 2.58. The van der Waals surface area contributed by atoms with Gasteiger partial charge in [-0.25, -0.2) is 9.59 Å². The molecule has 2 rings (SSSR count). The number of amides is 1. The third-order valence-electron chi connectivity index (χ3n) is 2.76. The Morgan fingerprint density at radius 3 is 2.75 bits per heavy atom. The summed E-state index contributed by atoms with van der Waals surface area (Å²) in [5.41, 5.74) is 1.09. The van der Waals surface area contributed by atoms with E-state index in [1.165, 1.54) is 4.90 Å². The van der Waals surface area contributed by atoms with Gasteiger partial charge in [0.2, 0.25) is 0 Å². The minimum absolute atomic E-state index is 0.0202. The standard InChI is InChI=1S/C9H11N3O4/c1-4-2-6-5(3-12(4)9(15)16)7(8(13)14)11-10-6/h4H,2-3H2,1H3,(H,10,11)(H,13,14)(H,15,16). The highest BCUT2D eigenvalue weighted by Gasteiger charge is 2.31. The minimum atomic E-state index is -1.12. The summed E-state index contributed by atoms with van der Waals surface area (Å²) in [6.07, 6.45) is -0.610. The number of aromatic amines is 1. The highest BCUT2D eigenvalue weighted by molar-refractivity contribution is 5.87. The molecule has 1 aliphatic rings. The van der Waals surface area contributed by atoms with Gasteiger partial charge in [0.15, 0.2) is 0 Å². The quantitative estimate of drug-likeness (QED) is 0.646. The van der Waals surface area contributed by atoms with Gasteiger partial charge in [0.05, 0.1) is 12.2 Å². The molecule has 1 unspecified atom stereocenters. The number of aromatic carboxylic acids is 1. The lowest BCUT2D eigenvalue weighted by Gasteiger charge is -2.30. The van der Waals surface area contributed by atoms with E-state index in [9.17, 15) is 9.59 Å². The predicted molar refractivity (Wildman–Crippen MR) is 52.3 cm³/mol. The molecule has 86 valence electrons. The van der Waals surface area contributed by atoms with Crippen molar-refractivity contribution in [3.8, 4) is 0 Å². The zero-order valence-corrected chi connectivity index (χ0v) is 8.60. The number of nitrogens with zero attached hydrogens (tertiary/aromatic N) is 2. The average molecular weight is 225 g/mol. The molecular weight excluding hydrogens is 214 g/mol. The van der Waals surface area contributed by atoms with E-state index in [0.29, 0.717) is 17.7 Å². The van der Waals surface area contributed by atoms with Gasteiger partial charge >= 0.3 is 12.1 Å². The molecule has 2 heterocycles. The lowest BCUT2D eigenvalue weighted by atomic mass is 10.0. The second-order valence-corrected chi connectivity index (χ2v) is 3.79. The van der Waals surface area contributed by atoms with Crippen LogP contribution >= 0.6 is 0 Å². The number of carbonyl (C=O) groups is 2. The lowest BCUT2D eigenvalue weighted by Crippen LogP contribution is -2.41. The largest absolute Gasteiger partial charge is 0.477 e. The van der Waals surface area contributed by atoms with Gasteiger partial charge in [-0.15, -0.1) is 0 Å². The highest BCUT2D eigenvalue weighted by Crippen LogP contribution is 2.24. The van der Waals surface area contributed by atoms with Crippen LogP contribution in [0, 0.1) is 0 Å². The maximum atomic E-state index is 10.9. The van der Waals surface area contributed by atoms with Crippen LogP contribution in [0.2, 0.25) is 0 Å². The maximum absolute atomic E-state index is 10.9. The van der Waals surface area contributed by atoms with E-state index in [4.69, 9.17) is 10.2 Å². The Morgan fingerprint density at radius 1 is 1.50 bits per heavy atom. The molecule has 0 aromatic carbocycles. The number of H-pyrrole nitrogens is 1. The van der Waals surface area contributed by atoms with Gasteiger partial charge in [0.1, 0.15) is 5.69 Å². The number of hydrogen-bond acceptors (Lipinski definition) is 3. The van der Waals surface area contributed by atoms with E-state index >= 15 is 0 Å². The fraction of sp³-hybridized carbons (Fsp3) is 0.444. The zero-order chi connectivity index (χ0) is 11.9. The predicted octanol–water partition coefficient (Wildman–Crippen LogP) is 0.533. The molecule has 0 saturated carbocycles. The number of hydrogen-bond donors (Lipinski definition) is 3. The summed E-state index contributed by atoms with van der Waals surface area (Å²) >= 11 is 0. The molecule has 1 atom stereocenters. The van der Waals surface area contributed by atoms with E-state index < -0.39 is 12.1 Å². The fourth-order valence-electron chi connectivity index (χ4n) is 1.89. The van der Waals surface area contributed by atoms with Crippen LogP contribution in [0.1, 0.15) is 28.7 Å². The Labute approximate surface area is 90.7 Å². The molecule has 0 radical (unpaired) electrons. The van der Waals surface area contributed by atoms with E-state index in [0.717, 1.165) is 0 Å². The summed E-state index contributed by atoms with van der Waals surface area (Å²) in [5.74, 6) is -1.12. The second-order valence-electron chi connectivity index (χ2n) is 3.79. The monoisotopic (exact) mass is 225 g/mol. The van der Waals surface area contributed by atoms with Gasteiger partial charge in [-0.05, 0) is 6.92 Å². The zero-order valence-electron chi connectivity index (χ0n) is 8.60. The van der Waals surface area contributed by atoms with Crippen LogP contribution in [0.5, 0.6) is 0 Å². The van der Waals surface area contributed by atoms with E-state index in [1.54, 1.807) is 6.92 Å². The number of fused-ring (bicyclic) bond motifs is 1. The number of carboxylic acid groups (broad SMARTS) is 2. The molecule has 16 heavy (non-hydrogen) atoms. The van der Waals surface area contributed by atoms with E-state index in [2.05, 4.69) is 10.2 Å². The van der Waals surface area contributed by atoms with Crippen LogP contribution in [0.25, 0.3) is 0 Å². The SMILES string of the molecule is CC1Cc2n[nH]c(C(=O)O)c2CN1C(=O)O. The van der Waals surface area contributed by atoms with Gasteiger partial charge in [-0.3, -0.25) is 5.10 Å². The van der Waals surface area contributed by atoms with Crippen molar-refractivity contribution in [1.29, 1.82) is 0 Å². The van der Waals surface area contributed by atoms with Crippen LogP contribution in [0.3, 0.4) is 0 Å². The smallest absolute Gasteiger partial charge is 0.407 e. The lowest BCUT2D eigenvalue weighted by molar-refractivity contribution is 0.0684. The van der Waals surface area contributed by atoms with Crippen LogP contribution < -0.4 is 0 Å². The van der Waals surface area contributed by atoms with Gasteiger partial charge in [0, 0.05) is 18.0 Å². The molecule has 7 heteroatoms. The number of aromatic nitrogens is 2. The van der Waals surface area contributed by atoms with Crippen molar-refractivity contribution in [2.75, 3.05) is 0 Å². The second kappa shape index (κ2) is 3.51. The van der Waals surface area contributed by atoms with Crippen LogP contribution in [0.15, 0.2) is 0 Å². The Bertz CT molecular complexity index is 454. The molecule has 0 aliphatic carbocycles. The minimum Gasteiger partial charge on any atom is -0.477 e. The van der Waals surface area contributed by atoms with Crippen LogP contribution in [0.4, 0.5) is 4.79 Å². The third-order valence-corrected chi connectivity index (χ3v) is 2.76. The van der Waals surface area contributed by atoms with Crippen molar-refractivity contribution in [2.45, 2.75) is 25.9 Å². The first kappa shape index (κ1) is 10.5. The summed E-state index contributed by atoms with van der Waals surface area (Å²) in [6, 6.07) is -0.185. The molecule has 0 saturated heterocycles. The summed E-state index contributed by atoms with van der Waals surface area (Å²) in [6.45, 7) is 1.84. The van der Waals surface area contributed by atoms with Crippen molar-refractivity contribution >= 4 is 12.1 Å². The molecule has 1 aliphatic heterocycles. The van der Waals surface area contributed by atoms with E-state index in [-0.39, 0.29) is 18.3 Å². The van der Waals surface area contributed by atoms with Crippen LogP contribution in [-0.2, 0) is 13.0 Å². The molecule has 0 spiro atoms. The first-order valence-electron chi connectivity index (χ1n) is 4.79. The molecule has 1 amide bonds. The van der Waals surface area contributed by atoms with Crippen molar-refractivity contribution in [3.63, 3.8) is 0 Å². The summed E-state index contributed by atoms with van der Waals surface area (Å²) in [4.78, 5) is 23.0. The first-order chi connectivity index (χ1) is 7.50. The molecule has 7 nitrogen and oxygen atoms in total. The topological polar surface area (TPSA) is 107 Å². The number of rotatable bonds is 1. The number of nitrogens with one attached hydrogen (secondary N) is 1. The van der Waals surface area contributed by atoms with E-state index in [1.807, 2.05) is 0 Å². The molecule has 1 aromatic rings. The van der Waals surface area contributed by atoms with Crippen LogP contribution in [-0.4, -0.2) is 43.4 Å². The first-order valence-corrected chi connectivity index (χ1v) is 4.79. The van der Waals surface area contributed by atoms with Crippen molar-refractivity contribution in [3.05, 3.63) is 17.0 Å². The van der Waals surface area contributed by atoms with Gasteiger partial charge < -0.3 is 15.1 Å². The molecule has 0 bridgehead atoms. The maximum Gasteiger partial charge on any atom is 0.407 e. The highest BCUT2D eigenvalue weighted by atomic mass is 16.4. The summed E-state index contributed by atoms with van der Waals surface area (Å²) in [7, 11) is 0. The van der Waals surface area contributed by atoms with Gasteiger partial charge in [-0.1, -0.05) is 0 Å². The summed E-state index contributed by atoms with van der Waals surface area (Å²) in [5, 5.41) is 24.2. The third kappa shape index (κ3) is 1.50. The normalized spacial score (nSPS) is 19.3. The van der Waals surface area contributed by atoms with Crippen molar-refractivity contribution in [2.24, 2.45) is 0 Å². The summed E-state index contributed by atoms with van der Waals surface area (Å²) < 4.78 is 0. The van der Waals surface area contributed by atoms with Crippen molar-refractivity contribution in [1.82, 2.24) is 15.1 Å². The molecule has 1 aromatic heterocycles. The Hall–Kier alpha value is -2.05. The van der Waals surface area contributed by atoms with Gasteiger partial charge in [0.25, 0.3) is 0 Å². The Balaban J connectivity index is 2.39. The fourth-order valence-corrected chi connectivity index (χ4v) is 1.89. The Morgan fingerprint density at radius 2 is 2.19 bits per heavy atom. The van der Waals surface area contributed by atoms with Crippen molar-refractivity contribution < 1.29 is 19.8 Å². The Kier molecular flexibility index (Phi) is 2.30. The molecule has 0 fully saturated rings. The van der Waals surface area contributed by atoms with Gasteiger partial charge in [-0.2, -0.15) is 5.10 Å². The molecular formula is C9H11N3O4. The number of carboxylic acids is 1.